The third kappa shape index (κ3) is 3.83. The summed E-state index contributed by atoms with van der Waals surface area (Å²) in [5.74, 6) is -0.347. The molecule has 0 unspecified atom stereocenters. The molecular weight excluding hydrogens is 270 g/mol. The Labute approximate surface area is 125 Å². The van der Waals surface area contributed by atoms with Gasteiger partial charge in [0, 0.05) is 18.5 Å². The molecule has 6 nitrogen and oxygen atoms in total. The lowest BCUT2D eigenvalue weighted by atomic mass is 9.84. The highest BCUT2D eigenvalue weighted by Gasteiger charge is 2.37. The monoisotopic (exact) mass is 295 g/mol. The van der Waals surface area contributed by atoms with Crippen LogP contribution in [0.1, 0.15) is 33.1 Å². The highest BCUT2D eigenvalue weighted by atomic mass is 16.4. The van der Waals surface area contributed by atoms with Crippen molar-refractivity contribution in [1.29, 1.82) is 0 Å². The van der Waals surface area contributed by atoms with E-state index in [2.05, 4.69) is 17.1 Å². The molecule has 4 N–H and O–H groups in total. The van der Waals surface area contributed by atoms with Gasteiger partial charge in [-0.05, 0) is 38.3 Å². The molecule has 0 saturated carbocycles. The Kier molecular flexibility index (Phi) is 5.00. The number of rotatable bonds is 3. The van der Waals surface area contributed by atoms with Gasteiger partial charge < -0.3 is 16.2 Å². The van der Waals surface area contributed by atoms with Crippen molar-refractivity contribution in [2.45, 2.75) is 51.2 Å². The summed E-state index contributed by atoms with van der Waals surface area (Å²) >= 11 is 0. The van der Waals surface area contributed by atoms with Crippen LogP contribution in [0.5, 0.6) is 0 Å². The second-order valence-electron chi connectivity index (χ2n) is 6.30. The lowest BCUT2D eigenvalue weighted by molar-refractivity contribution is -0.133. The molecule has 3 atom stereocenters. The fourth-order valence-corrected chi connectivity index (χ4v) is 3.26. The quantitative estimate of drug-likeness (QED) is 0.697. The van der Waals surface area contributed by atoms with E-state index in [1.54, 1.807) is 6.08 Å². The van der Waals surface area contributed by atoms with Gasteiger partial charge in [0.25, 0.3) is 0 Å². The predicted molar refractivity (Wildman–Crippen MR) is 79.7 cm³/mol. The lowest BCUT2D eigenvalue weighted by Gasteiger charge is -2.43. The van der Waals surface area contributed by atoms with Crippen molar-refractivity contribution in [3.63, 3.8) is 0 Å². The number of hydrogen-bond acceptors (Lipinski definition) is 4. The molecule has 118 valence electrons. The van der Waals surface area contributed by atoms with Crippen LogP contribution in [0.3, 0.4) is 0 Å². The van der Waals surface area contributed by atoms with Gasteiger partial charge in [0.2, 0.25) is 5.91 Å². The Morgan fingerprint density at radius 2 is 2.00 bits per heavy atom. The van der Waals surface area contributed by atoms with Crippen LogP contribution in [-0.4, -0.2) is 53.1 Å². The Hall–Kier alpha value is -1.40. The number of carboxylic acid groups (broad SMARTS) is 1. The van der Waals surface area contributed by atoms with E-state index in [4.69, 9.17) is 5.73 Å². The lowest BCUT2D eigenvalue weighted by Crippen LogP contribution is -2.61. The SMILES string of the molecule is CC(=O)N[C@H]1[C@H](N2CCC(C)CC2)C=C(C(=O)O)C[C@@H]1N. The summed E-state index contributed by atoms with van der Waals surface area (Å²) in [5.41, 5.74) is 6.49. The van der Waals surface area contributed by atoms with E-state index in [0.717, 1.165) is 25.9 Å². The maximum Gasteiger partial charge on any atom is 0.331 e. The summed E-state index contributed by atoms with van der Waals surface area (Å²) in [4.78, 5) is 25.0. The number of carbonyl (C=O) groups is 2. The molecule has 0 radical (unpaired) electrons. The summed E-state index contributed by atoms with van der Waals surface area (Å²) in [5, 5.41) is 12.2. The van der Waals surface area contributed by atoms with Crippen LogP contribution in [-0.2, 0) is 9.59 Å². The number of carboxylic acids is 1. The number of hydrogen-bond donors (Lipinski definition) is 3. The molecule has 0 aromatic carbocycles. The minimum absolute atomic E-state index is 0.127. The third-order valence-electron chi connectivity index (χ3n) is 4.54. The molecule has 1 saturated heterocycles. The zero-order valence-corrected chi connectivity index (χ0v) is 12.7. The molecular formula is C15H25N3O3. The van der Waals surface area contributed by atoms with E-state index < -0.39 is 5.97 Å². The Balaban J connectivity index is 2.22. The second-order valence-corrected chi connectivity index (χ2v) is 6.30. The Morgan fingerprint density at radius 1 is 1.38 bits per heavy atom. The van der Waals surface area contributed by atoms with E-state index in [1.165, 1.54) is 6.92 Å². The highest BCUT2D eigenvalue weighted by Crippen LogP contribution is 2.26. The largest absolute Gasteiger partial charge is 0.478 e. The summed E-state index contributed by atoms with van der Waals surface area (Å²) in [6, 6.07) is -0.718. The topological polar surface area (TPSA) is 95.7 Å². The van der Waals surface area contributed by atoms with Crippen molar-refractivity contribution in [3.05, 3.63) is 11.6 Å². The first kappa shape index (κ1) is 16.0. The maximum atomic E-state index is 11.4. The zero-order chi connectivity index (χ0) is 15.6. The first-order valence-electron chi connectivity index (χ1n) is 7.59. The predicted octanol–water partition coefficient (Wildman–Crippen LogP) is 0.334. The molecule has 0 spiro atoms. The number of carbonyl (C=O) groups excluding carboxylic acids is 1. The number of nitrogens with two attached hydrogens (primary N) is 1. The van der Waals surface area contributed by atoms with Gasteiger partial charge in [-0.25, -0.2) is 4.79 Å². The van der Waals surface area contributed by atoms with Gasteiger partial charge in [-0.1, -0.05) is 13.0 Å². The summed E-state index contributed by atoms with van der Waals surface area (Å²) in [6.45, 7) is 5.53. The molecule has 0 bridgehead atoms. The molecule has 0 aromatic heterocycles. The molecule has 6 heteroatoms. The number of amides is 1. The van der Waals surface area contributed by atoms with Crippen molar-refractivity contribution < 1.29 is 14.7 Å². The molecule has 1 aliphatic heterocycles. The van der Waals surface area contributed by atoms with E-state index >= 15 is 0 Å². The fourth-order valence-electron chi connectivity index (χ4n) is 3.26. The van der Waals surface area contributed by atoms with Gasteiger partial charge in [-0.3, -0.25) is 9.69 Å². The van der Waals surface area contributed by atoms with Gasteiger partial charge in [0.05, 0.1) is 12.1 Å². The van der Waals surface area contributed by atoms with Gasteiger partial charge >= 0.3 is 5.97 Å². The van der Waals surface area contributed by atoms with Crippen LogP contribution in [0.15, 0.2) is 11.6 Å². The Morgan fingerprint density at radius 3 is 2.52 bits per heavy atom. The van der Waals surface area contributed by atoms with Gasteiger partial charge in [-0.2, -0.15) is 0 Å². The average Bonchev–Trinajstić information content (AvgIpc) is 2.41. The maximum absolute atomic E-state index is 11.4. The van der Waals surface area contributed by atoms with E-state index in [-0.39, 0.29) is 24.0 Å². The third-order valence-corrected chi connectivity index (χ3v) is 4.54. The van der Waals surface area contributed by atoms with E-state index in [0.29, 0.717) is 17.9 Å². The summed E-state index contributed by atoms with van der Waals surface area (Å²) in [7, 11) is 0. The molecule has 1 fully saturated rings. The summed E-state index contributed by atoms with van der Waals surface area (Å²) < 4.78 is 0. The van der Waals surface area contributed by atoms with Gasteiger partial charge in [0.1, 0.15) is 0 Å². The zero-order valence-electron chi connectivity index (χ0n) is 12.7. The summed E-state index contributed by atoms with van der Waals surface area (Å²) in [6.07, 6.45) is 4.26. The van der Waals surface area contributed by atoms with Crippen LogP contribution in [0, 0.1) is 5.92 Å². The van der Waals surface area contributed by atoms with Crippen molar-refractivity contribution in [3.8, 4) is 0 Å². The second kappa shape index (κ2) is 6.58. The molecule has 21 heavy (non-hydrogen) atoms. The Bertz CT molecular complexity index is 441. The minimum Gasteiger partial charge on any atom is -0.478 e. The van der Waals surface area contributed by atoms with Gasteiger partial charge in [0.15, 0.2) is 0 Å². The number of nitrogens with one attached hydrogen (secondary N) is 1. The number of likely N-dealkylation sites (tertiary alicyclic amines) is 1. The molecule has 2 aliphatic rings. The first-order valence-corrected chi connectivity index (χ1v) is 7.59. The van der Waals surface area contributed by atoms with Crippen molar-refractivity contribution in [2.24, 2.45) is 11.7 Å². The molecule has 1 amide bonds. The molecule has 1 aliphatic carbocycles. The number of piperidine rings is 1. The van der Waals surface area contributed by atoms with Crippen LogP contribution >= 0.6 is 0 Å². The van der Waals surface area contributed by atoms with E-state index in [9.17, 15) is 14.7 Å². The molecule has 0 aromatic rings. The molecule has 2 rings (SSSR count). The average molecular weight is 295 g/mol. The minimum atomic E-state index is -0.915. The van der Waals surface area contributed by atoms with Crippen LogP contribution in [0.25, 0.3) is 0 Å². The standard InChI is InChI=1S/C15H25N3O3/c1-9-3-5-18(6-4-9)13-8-11(15(20)21)7-12(16)14(13)17-10(2)19/h8-9,12-14H,3-7,16H2,1-2H3,(H,17,19)(H,20,21)/t12-,13+,14+/m0/s1. The van der Waals surface area contributed by atoms with Crippen LogP contribution in [0.4, 0.5) is 0 Å². The number of nitrogens with zero attached hydrogens (tertiary/aromatic N) is 1. The van der Waals surface area contributed by atoms with Crippen LogP contribution < -0.4 is 11.1 Å². The van der Waals surface area contributed by atoms with Crippen molar-refractivity contribution in [1.82, 2.24) is 10.2 Å². The fraction of sp³-hybridized carbons (Fsp3) is 0.733. The van der Waals surface area contributed by atoms with E-state index in [1.807, 2.05) is 0 Å². The van der Waals surface area contributed by atoms with Crippen molar-refractivity contribution in [2.75, 3.05) is 13.1 Å². The van der Waals surface area contributed by atoms with Crippen LogP contribution in [0.2, 0.25) is 0 Å². The normalized spacial score (nSPS) is 31.6. The smallest absolute Gasteiger partial charge is 0.331 e. The first-order chi connectivity index (χ1) is 9.88. The van der Waals surface area contributed by atoms with Gasteiger partial charge in [-0.15, -0.1) is 0 Å². The molecule has 1 heterocycles. The number of aliphatic carboxylic acids is 1. The highest BCUT2D eigenvalue weighted by molar-refractivity contribution is 5.87. The van der Waals surface area contributed by atoms with Crippen molar-refractivity contribution >= 4 is 11.9 Å².